The fraction of sp³-hybridized carbons (Fsp3) is 0.424. The lowest BCUT2D eigenvalue weighted by atomic mass is 9.83. The Morgan fingerprint density at radius 2 is 2.09 bits per heavy atom. The van der Waals surface area contributed by atoms with E-state index in [1.165, 1.54) is 18.7 Å². The molecule has 0 amide bonds. The number of fused-ring (bicyclic) bond motifs is 6. The summed E-state index contributed by atoms with van der Waals surface area (Å²) >= 11 is 0. The number of allylic oxidation sites excluding steroid dienone is 2. The van der Waals surface area contributed by atoms with Crippen molar-refractivity contribution in [3.63, 3.8) is 0 Å². The van der Waals surface area contributed by atoms with Gasteiger partial charge in [-0.25, -0.2) is 4.98 Å². The van der Waals surface area contributed by atoms with Gasteiger partial charge in [-0.05, 0) is 59.7 Å². The molecule has 4 bridgehead atoms. The highest BCUT2D eigenvalue weighted by Gasteiger charge is 2.42. The Hall–Kier alpha value is -3.37. The van der Waals surface area contributed by atoms with Gasteiger partial charge in [0.25, 0.3) is 0 Å². The second kappa shape index (κ2) is 12.7. The normalized spacial score (nSPS) is 26.8. The number of nitrogens with one attached hydrogen (secondary N) is 2. The fourth-order valence-electron chi connectivity index (χ4n) is 6.43. The molecule has 2 aromatic rings. The lowest BCUT2D eigenvalue weighted by Crippen LogP contribution is -2.41. The molecular formula is C33H38N4O4S2. The van der Waals surface area contributed by atoms with Crippen LogP contribution < -0.4 is 15.4 Å². The number of benzene rings is 1. The standard InChI is InChI=1S/C33H38N4O4S2/c1-3-21-4-6-24(38)16-25(39)7-5-22-15-30(41-2)29(40)17-27(22)26-8-9-31(21)42-43-33(19-37-13-12-34-20-37)10-11-35-32-28(33)14-23(26)18-36-32/h5,7-9,12-15,17-18,21,26,31,34,40H,3-4,6,10-11,16,19-20H2,1-2H3,(H,35,36). The molecule has 226 valence electrons. The van der Waals surface area contributed by atoms with E-state index in [4.69, 9.17) is 9.72 Å². The van der Waals surface area contributed by atoms with Crippen molar-refractivity contribution >= 4 is 45.0 Å². The molecular weight excluding hydrogens is 581 g/mol. The average Bonchev–Trinajstić information content (AvgIpc) is 3.51. The zero-order chi connectivity index (χ0) is 30.0. The highest BCUT2D eigenvalue weighted by Crippen LogP contribution is 2.55. The Labute approximate surface area is 260 Å². The van der Waals surface area contributed by atoms with Crippen molar-refractivity contribution in [2.24, 2.45) is 5.92 Å². The second-order valence-electron chi connectivity index (χ2n) is 11.6. The number of phenols is 1. The number of carbonyl (C=O) groups is 2. The Morgan fingerprint density at radius 3 is 2.88 bits per heavy atom. The zero-order valence-electron chi connectivity index (χ0n) is 24.5. The van der Waals surface area contributed by atoms with Crippen LogP contribution in [0.4, 0.5) is 5.82 Å². The number of aromatic nitrogens is 1. The number of methoxy groups -OCH3 is 1. The molecule has 0 spiro atoms. The van der Waals surface area contributed by atoms with E-state index in [1.807, 2.05) is 34.0 Å². The third kappa shape index (κ3) is 6.17. The summed E-state index contributed by atoms with van der Waals surface area (Å²) in [5.41, 5.74) is 3.79. The van der Waals surface area contributed by atoms with Crippen molar-refractivity contribution in [2.75, 3.05) is 32.2 Å². The molecule has 0 saturated heterocycles. The van der Waals surface area contributed by atoms with Crippen molar-refractivity contribution in [1.82, 2.24) is 15.2 Å². The molecule has 0 radical (unpaired) electrons. The molecule has 43 heavy (non-hydrogen) atoms. The number of aromatic hydroxyl groups is 1. The van der Waals surface area contributed by atoms with Crippen LogP contribution in [0.25, 0.3) is 6.08 Å². The Morgan fingerprint density at radius 1 is 1.21 bits per heavy atom. The maximum atomic E-state index is 12.9. The molecule has 3 N–H and O–H groups in total. The predicted molar refractivity (Wildman–Crippen MR) is 174 cm³/mol. The summed E-state index contributed by atoms with van der Waals surface area (Å²) in [5, 5.41) is 17.9. The quantitative estimate of drug-likeness (QED) is 0.216. The molecule has 6 rings (SSSR count). The van der Waals surface area contributed by atoms with E-state index >= 15 is 0 Å². The van der Waals surface area contributed by atoms with E-state index in [0.717, 1.165) is 61.5 Å². The van der Waals surface area contributed by atoms with Crippen LogP contribution in [-0.2, 0) is 14.3 Å². The van der Waals surface area contributed by atoms with Gasteiger partial charge in [0.2, 0.25) is 0 Å². The van der Waals surface area contributed by atoms with E-state index in [2.05, 4.69) is 46.9 Å². The molecule has 10 heteroatoms. The minimum Gasteiger partial charge on any atom is -0.504 e. The Bertz CT molecular complexity index is 1490. The monoisotopic (exact) mass is 618 g/mol. The molecule has 1 aromatic carbocycles. The van der Waals surface area contributed by atoms with Crippen molar-refractivity contribution in [3.8, 4) is 11.5 Å². The molecule has 4 aliphatic rings. The maximum absolute atomic E-state index is 12.9. The van der Waals surface area contributed by atoms with Gasteiger partial charge < -0.3 is 25.4 Å². The number of rotatable bonds is 4. The van der Waals surface area contributed by atoms with Gasteiger partial charge in [0, 0.05) is 54.8 Å². The number of pyridine rings is 1. The number of Topliss-reactive ketones (excluding diaryl/α,β-unsaturated/α-hetero) is 1. The number of carbonyl (C=O) groups excluding carboxylic acids is 2. The van der Waals surface area contributed by atoms with Crippen LogP contribution in [0.5, 0.6) is 11.5 Å². The summed E-state index contributed by atoms with van der Waals surface area (Å²) in [7, 11) is 5.34. The Balaban J connectivity index is 1.56. The van der Waals surface area contributed by atoms with Crippen LogP contribution in [0.3, 0.4) is 0 Å². The largest absolute Gasteiger partial charge is 0.504 e. The van der Waals surface area contributed by atoms with Gasteiger partial charge in [0.1, 0.15) is 11.6 Å². The van der Waals surface area contributed by atoms with Crippen LogP contribution in [0.2, 0.25) is 0 Å². The first-order valence-corrected chi connectivity index (χ1v) is 17.1. The summed E-state index contributed by atoms with van der Waals surface area (Å²) in [6, 6.07) is 5.78. The van der Waals surface area contributed by atoms with Gasteiger partial charge in [-0.3, -0.25) is 9.59 Å². The average molecular weight is 619 g/mol. The topological polar surface area (TPSA) is 104 Å². The summed E-state index contributed by atoms with van der Waals surface area (Å²) < 4.78 is 5.23. The molecule has 0 saturated carbocycles. The van der Waals surface area contributed by atoms with Crippen LogP contribution in [0.1, 0.15) is 67.2 Å². The molecule has 8 nitrogen and oxygen atoms in total. The molecule has 1 aromatic heterocycles. The van der Waals surface area contributed by atoms with E-state index in [0.29, 0.717) is 12.2 Å². The van der Waals surface area contributed by atoms with Gasteiger partial charge >= 0.3 is 0 Å². The SMILES string of the molecule is CCC1CCC(=O)CC(=O)C=Cc2cc(OC)c(O)cc2C2C=CC1SSC1(CN3C=CNC3)CCNc3ncc2cc31. The van der Waals surface area contributed by atoms with E-state index in [9.17, 15) is 14.7 Å². The van der Waals surface area contributed by atoms with Gasteiger partial charge in [0.05, 0.1) is 24.9 Å². The van der Waals surface area contributed by atoms with Gasteiger partial charge in [-0.1, -0.05) is 53.2 Å². The first-order valence-electron chi connectivity index (χ1n) is 14.9. The lowest BCUT2D eigenvalue weighted by Gasteiger charge is -2.42. The fourth-order valence-corrected chi connectivity index (χ4v) is 10.2. The van der Waals surface area contributed by atoms with E-state index < -0.39 is 0 Å². The molecule has 4 heterocycles. The van der Waals surface area contributed by atoms with Crippen molar-refractivity contribution in [3.05, 3.63) is 77.3 Å². The number of hydrogen-bond donors (Lipinski definition) is 3. The van der Waals surface area contributed by atoms with Crippen molar-refractivity contribution in [2.45, 2.75) is 54.9 Å². The molecule has 1 aliphatic carbocycles. The van der Waals surface area contributed by atoms with Crippen LogP contribution in [0, 0.1) is 5.92 Å². The zero-order valence-corrected chi connectivity index (χ0v) is 26.2. The minimum absolute atomic E-state index is 0.0260. The number of phenolic OH excluding ortho intramolecular Hbond substituents is 1. The summed E-state index contributed by atoms with van der Waals surface area (Å²) in [6.07, 6.45) is 16.7. The molecule has 4 atom stereocenters. The first-order chi connectivity index (χ1) is 20.9. The van der Waals surface area contributed by atoms with Gasteiger partial charge in [-0.15, -0.1) is 0 Å². The van der Waals surface area contributed by atoms with Crippen LogP contribution in [-0.4, -0.2) is 58.7 Å². The number of ketones is 2. The summed E-state index contributed by atoms with van der Waals surface area (Å²) in [6.45, 7) is 4.63. The third-order valence-electron chi connectivity index (χ3n) is 8.87. The molecule has 4 unspecified atom stereocenters. The highest BCUT2D eigenvalue weighted by atomic mass is 33.1. The molecule has 3 aliphatic heterocycles. The minimum atomic E-state index is -0.231. The first kappa shape index (κ1) is 29.7. The maximum Gasteiger partial charge on any atom is 0.163 e. The highest BCUT2D eigenvalue weighted by molar-refractivity contribution is 8.77. The number of ether oxygens (including phenoxy) is 1. The van der Waals surface area contributed by atoms with Crippen molar-refractivity contribution in [1.29, 1.82) is 0 Å². The van der Waals surface area contributed by atoms with E-state index in [-0.39, 0.29) is 45.6 Å². The predicted octanol–water partition coefficient (Wildman–Crippen LogP) is 5.95. The molecule has 0 fully saturated rings. The smallest absolute Gasteiger partial charge is 0.163 e. The van der Waals surface area contributed by atoms with Gasteiger partial charge in [-0.2, -0.15) is 0 Å². The van der Waals surface area contributed by atoms with Crippen molar-refractivity contribution < 1.29 is 19.4 Å². The van der Waals surface area contributed by atoms with Gasteiger partial charge in [0.15, 0.2) is 17.3 Å². The second-order valence-corrected chi connectivity index (χ2v) is 14.4. The van der Waals surface area contributed by atoms with Crippen LogP contribution in [0.15, 0.2) is 55.0 Å². The lowest BCUT2D eigenvalue weighted by molar-refractivity contribution is -0.124. The number of hydrogen-bond acceptors (Lipinski definition) is 10. The summed E-state index contributed by atoms with van der Waals surface area (Å²) in [4.78, 5) is 33.0. The number of nitrogens with zero attached hydrogens (tertiary/aromatic N) is 2. The summed E-state index contributed by atoms with van der Waals surface area (Å²) in [5.74, 6) is 1.05. The number of anilines is 1. The Kier molecular flexibility index (Phi) is 8.77. The van der Waals surface area contributed by atoms with E-state index in [1.54, 1.807) is 18.2 Å². The third-order valence-corrected chi connectivity index (χ3v) is 12.5. The van der Waals surface area contributed by atoms with Crippen LogP contribution >= 0.6 is 21.6 Å².